The maximum Gasteiger partial charge on any atom is 0.0837 e. The van der Waals surface area contributed by atoms with Gasteiger partial charge in [0.1, 0.15) is 0 Å². The van der Waals surface area contributed by atoms with Gasteiger partial charge in [-0.1, -0.05) is 47.5 Å². The van der Waals surface area contributed by atoms with Crippen molar-refractivity contribution in [1.82, 2.24) is 5.32 Å². The monoisotopic (exact) mass is 355 g/mol. The van der Waals surface area contributed by atoms with E-state index < -0.39 is 5.60 Å². The van der Waals surface area contributed by atoms with E-state index in [1.807, 2.05) is 55.5 Å². The van der Waals surface area contributed by atoms with Gasteiger partial charge in [0.15, 0.2) is 0 Å². The van der Waals surface area contributed by atoms with Crippen LogP contribution in [0.1, 0.15) is 12.5 Å². The van der Waals surface area contributed by atoms with E-state index in [2.05, 4.69) is 5.32 Å². The Balaban J connectivity index is 1.78. The minimum Gasteiger partial charge on any atom is -0.388 e. The Morgan fingerprint density at radius 3 is 2.45 bits per heavy atom. The SMILES string of the molecule is CC(O)(CNCc1ccc(Cl)cc1)CSc1ccccc1Cl. The molecule has 22 heavy (non-hydrogen) atoms. The third-order valence-electron chi connectivity index (χ3n) is 3.12. The zero-order valence-corrected chi connectivity index (χ0v) is 14.7. The van der Waals surface area contributed by atoms with Gasteiger partial charge in [0.2, 0.25) is 0 Å². The molecule has 0 aliphatic rings. The minimum absolute atomic E-state index is 0.507. The number of aliphatic hydroxyl groups is 1. The van der Waals surface area contributed by atoms with Crippen LogP contribution in [0.4, 0.5) is 0 Å². The summed E-state index contributed by atoms with van der Waals surface area (Å²) < 4.78 is 0. The second kappa shape index (κ2) is 8.23. The Morgan fingerprint density at radius 2 is 1.77 bits per heavy atom. The zero-order chi connectivity index (χ0) is 16.0. The molecule has 0 heterocycles. The Labute approximate surface area is 145 Å². The molecule has 0 bridgehead atoms. The lowest BCUT2D eigenvalue weighted by Gasteiger charge is -2.23. The first-order valence-corrected chi connectivity index (χ1v) is 8.75. The van der Waals surface area contributed by atoms with E-state index in [0.29, 0.717) is 18.8 Å². The zero-order valence-electron chi connectivity index (χ0n) is 12.4. The molecule has 0 radical (unpaired) electrons. The molecule has 1 unspecified atom stereocenters. The molecule has 2 rings (SSSR count). The van der Waals surface area contributed by atoms with Crippen LogP contribution in [0.25, 0.3) is 0 Å². The van der Waals surface area contributed by atoms with Crippen LogP contribution >= 0.6 is 35.0 Å². The van der Waals surface area contributed by atoms with Gasteiger partial charge in [0, 0.05) is 28.8 Å². The average molecular weight is 356 g/mol. The lowest BCUT2D eigenvalue weighted by molar-refractivity contribution is 0.0845. The van der Waals surface area contributed by atoms with Crippen LogP contribution in [-0.4, -0.2) is 23.0 Å². The predicted octanol–water partition coefficient (Wildman–Crippen LogP) is 4.63. The second-order valence-electron chi connectivity index (χ2n) is 5.45. The Morgan fingerprint density at radius 1 is 1.09 bits per heavy atom. The maximum absolute atomic E-state index is 10.4. The van der Waals surface area contributed by atoms with Gasteiger partial charge in [-0.15, -0.1) is 11.8 Å². The van der Waals surface area contributed by atoms with Gasteiger partial charge in [-0.25, -0.2) is 0 Å². The fourth-order valence-corrected chi connectivity index (χ4v) is 3.30. The molecular weight excluding hydrogens is 337 g/mol. The van der Waals surface area contributed by atoms with E-state index in [9.17, 15) is 5.11 Å². The summed E-state index contributed by atoms with van der Waals surface area (Å²) in [5, 5.41) is 15.2. The van der Waals surface area contributed by atoms with Gasteiger partial charge in [-0.3, -0.25) is 0 Å². The molecule has 2 nitrogen and oxygen atoms in total. The molecule has 2 aromatic carbocycles. The summed E-state index contributed by atoms with van der Waals surface area (Å²) in [5.74, 6) is 0.574. The first kappa shape index (κ1) is 17.6. The normalized spacial score (nSPS) is 13.8. The molecule has 0 amide bonds. The Bertz CT molecular complexity index is 602. The van der Waals surface area contributed by atoms with Crippen molar-refractivity contribution in [3.8, 4) is 0 Å². The van der Waals surface area contributed by atoms with Crippen molar-refractivity contribution >= 4 is 35.0 Å². The molecule has 0 spiro atoms. The second-order valence-corrected chi connectivity index (χ2v) is 7.31. The van der Waals surface area contributed by atoms with Gasteiger partial charge in [0.25, 0.3) is 0 Å². The van der Waals surface area contributed by atoms with E-state index in [1.165, 1.54) is 0 Å². The number of rotatable bonds is 7. The van der Waals surface area contributed by atoms with Crippen LogP contribution < -0.4 is 5.32 Å². The fraction of sp³-hybridized carbons (Fsp3) is 0.294. The van der Waals surface area contributed by atoms with Crippen molar-refractivity contribution in [2.45, 2.75) is 24.0 Å². The first-order chi connectivity index (χ1) is 10.5. The topological polar surface area (TPSA) is 32.3 Å². The molecule has 0 aliphatic heterocycles. The van der Waals surface area contributed by atoms with E-state index in [0.717, 1.165) is 20.5 Å². The highest BCUT2D eigenvalue weighted by molar-refractivity contribution is 7.99. The maximum atomic E-state index is 10.4. The number of thioether (sulfide) groups is 1. The van der Waals surface area contributed by atoms with Crippen molar-refractivity contribution in [1.29, 1.82) is 0 Å². The molecule has 0 aromatic heterocycles. The number of nitrogens with one attached hydrogen (secondary N) is 1. The molecule has 118 valence electrons. The number of hydrogen-bond acceptors (Lipinski definition) is 3. The standard InChI is InChI=1S/C17H19Cl2NOS/c1-17(21,12-22-16-5-3-2-4-15(16)19)11-20-10-13-6-8-14(18)9-7-13/h2-9,20-21H,10-12H2,1H3. The summed E-state index contributed by atoms with van der Waals surface area (Å²) in [6, 6.07) is 15.3. The molecular formula is C17H19Cl2NOS. The first-order valence-electron chi connectivity index (χ1n) is 7.01. The predicted molar refractivity (Wildman–Crippen MR) is 96.0 cm³/mol. The van der Waals surface area contributed by atoms with Crippen LogP contribution in [-0.2, 0) is 6.54 Å². The molecule has 0 saturated heterocycles. The number of hydrogen-bond donors (Lipinski definition) is 2. The molecule has 5 heteroatoms. The van der Waals surface area contributed by atoms with Crippen molar-refractivity contribution in [2.75, 3.05) is 12.3 Å². The summed E-state index contributed by atoms with van der Waals surface area (Å²) in [7, 11) is 0. The van der Waals surface area contributed by atoms with E-state index in [1.54, 1.807) is 11.8 Å². The highest BCUT2D eigenvalue weighted by Gasteiger charge is 2.20. The fourth-order valence-electron chi connectivity index (χ4n) is 1.92. The third kappa shape index (κ3) is 5.82. The van der Waals surface area contributed by atoms with Gasteiger partial charge >= 0.3 is 0 Å². The van der Waals surface area contributed by atoms with Gasteiger partial charge in [0.05, 0.1) is 10.6 Å². The highest BCUT2D eigenvalue weighted by atomic mass is 35.5. The summed E-state index contributed by atoms with van der Waals surface area (Å²) in [6.45, 7) is 3.03. The van der Waals surface area contributed by atoms with E-state index >= 15 is 0 Å². The van der Waals surface area contributed by atoms with Gasteiger partial charge < -0.3 is 10.4 Å². The van der Waals surface area contributed by atoms with Crippen LogP contribution in [0, 0.1) is 0 Å². The van der Waals surface area contributed by atoms with Gasteiger partial charge in [-0.2, -0.15) is 0 Å². The van der Waals surface area contributed by atoms with Crippen molar-refractivity contribution in [2.24, 2.45) is 0 Å². The van der Waals surface area contributed by atoms with Crippen LogP contribution in [0.5, 0.6) is 0 Å². The Kier molecular flexibility index (Phi) is 6.60. The lowest BCUT2D eigenvalue weighted by Crippen LogP contribution is -2.39. The van der Waals surface area contributed by atoms with Crippen LogP contribution in [0.2, 0.25) is 10.0 Å². The highest BCUT2D eigenvalue weighted by Crippen LogP contribution is 2.29. The quantitative estimate of drug-likeness (QED) is 0.710. The summed E-state index contributed by atoms with van der Waals surface area (Å²) in [4.78, 5) is 0.988. The molecule has 2 aromatic rings. The summed E-state index contributed by atoms with van der Waals surface area (Å²) in [6.07, 6.45) is 0. The van der Waals surface area contributed by atoms with Crippen molar-refractivity contribution in [3.05, 3.63) is 64.1 Å². The third-order valence-corrected chi connectivity index (χ3v) is 5.25. The molecule has 2 N–H and O–H groups in total. The Hall–Kier alpha value is -0.710. The molecule has 0 saturated carbocycles. The summed E-state index contributed by atoms with van der Waals surface area (Å²) >= 11 is 13.5. The number of halogens is 2. The van der Waals surface area contributed by atoms with Crippen LogP contribution in [0.15, 0.2) is 53.4 Å². The number of benzene rings is 2. The minimum atomic E-state index is -0.809. The van der Waals surface area contributed by atoms with Crippen LogP contribution in [0.3, 0.4) is 0 Å². The van der Waals surface area contributed by atoms with Crippen molar-refractivity contribution in [3.63, 3.8) is 0 Å². The molecule has 1 atom stereocenters. The average Bonchev–Trinajstić information content (AvgIpc) is 2.48. The van der Waals surface area contributed by atoms with Crippen molar-refractivity contribution < 1.29 is 5.11 Å². The molecule has 0 aliphatic carbocycles. The van der Waals surface area contributed by atoms with E-state index in [4.69, 9.17) is 23.2 Å². The van der Waals surface area contributed by atoms with E-state index in [-0.39, 0.29) is 0 Å². The largest absolute Gasteiger partial charge is 0.388 e. The smallest absolute Gasteiger partial charge is 0.0837 e. The van der Waals surface area contributed by atoms with Gasteiger partial charge in [-0.05, 0) is 36.8 Å². The lowest BCUT2D eigenvalue weighted by atomic mass is 10.1. The summed E-state index contributed by atoms with van der Waals surface area (Å²) in [5.41, 5.74) is 0.329. The molecule has 0 fully saturated rings.